The van der Waals surface area contributed by atoms with E-state index in [1.807, 2.05) is 54.6 Å². The molecule has 0 bridgehead atoms. The highest BCUT2D eigenvalue weighted by Gasteiger charge is 2.11. The molecule has 0 aliphatic heterocycles. The number of sulfonamides is 1. The highest BCUT2D eigenvalue weighted by atomic mass is 32.2. The second-order valence-corrected chi connectivity index (χ2v) is 7.82. The molecule has 0 aliphatic carbocycles. The van der Waals surface area contributed by atoms with Crippen LogP contribution in [-0.4, -0.2) is 27.8 Å². The van der Waals surface area contributed by atoms with Crippen LogP contribution in [0.1, 0.15) is 25.3 Å². The SMILES string of the molecule is CCCCN(C)c1ccc(NS(=O)(=O)CCc2ccccc2)cc1. The average Bonchev–Trinajstić information content (AvgIpc) is 2.59. The summed E-state index contributed by atoms with van der Waals surface area (Å²) in [6, 6.07) is 17.2. The van der Waals surface area contributed by atoms with Gasteiger partial charge in [0, 0.05) is 25.0 Å². The summed E-state index contributed by atoms with van der Waals surface area (Å²) in [5.41, 5.74) is 2.72. The van der Waals surface area contributed by atoms with E-state index in [1.54, 1.807) is 0 Å². The van der Waals surface area contributed by atoms with Gasteiger partial charge in [-0.3, -0.25) is 4.72 Å². The zero-order valence-corrected chi connectivity index (χ0v) is 15.2. The quantitative estimate of drug-likeness (QED) is 0.749. The molecule has 2 rings (SSSR count). The molecule has 0 aromatic heterocycles. The van der Waals surface area contributed by atoms with Gasteiger partial charge in [0.25, 0.3) is 0 Å². The summed E-state index contributed by atoms with van der Waals surface area (Å²) in [7, 11) is -1.29. The van der Waals surface area contributed by atoms with E-state index in [0.717, 1.165) is 30.6 Å². The Kier molecular flexibility index (Phi) is 6.67. The first-order chi connectivity index (χ1) is 11.5. The van der Waals surface area contributed by atoms with E-state index in [0.29, 0.717) is 12.1 Å². The zero-order chi connectivity index (χ0) is 17.4. The molecule has 0 saturated carbocycles. The molecule has 130 valence electrons. The van der Waals surface area contributed by atoms with Gasteiger partial charge in [-0.25, -0.2) is 8.42 Å². The molecule has 0 spiro atoms. The molecule has 5 heteroatoms. The van der Waals surface area contributed by atoms with Crippen LogP contribution >= 0.6 is 0 Å². The molecule has 0 atom stereocenters. The number of nitrogens with zero attached hydrogens (tertiary/aromatic N) is 1. The van der Waals surface area contributed by atoms with Gasteiger partial charge in [-0.1, -0.05) is 43.7 Å². The van der Waals surface area contributed by atoms with Crippen molar-refractivity contribution in [2.75, 3.05) is 29.0 Å². The summed E-state index contributed by atoms with van der Waals surface area (Å²) in [5.74, 6) is 0.0785. The molecular weight excluding hydrogens is 320 g/mol. The van der Waals surface area contributed by atoms with Crippen molar-refractivity contribution >= 4 is 21.4 Å². The van der Waals surface area contributed by atoms with Crippen LogP contribution in [0.4, 0.5) is 11.4 Å². The minimum atomic E-state index is -3.34. The third-order valence-electron chi connectivity index (χ3n) is 3.93. The molecule has 2 aromatic carbocycles. The van der Waals surface area contributed by atoms with Crippen LogP contribution in [0.25, 0.3) is 0 Å². The lowest BCUT2D eigenvalue weighted by Gasteiger charge is -2.19. The van der Waals surface area contributed by atoms with E-state index in [2.05, 4.69) is 23.6 Å². The predicted molar refractivity (Wildman–Crippen MR) is 102 cm³/mol. The third kappa shape index (κ3) is 5.89. The fourth-order valence-corrected chi connectivity index (χ4v) is 3.54. The zero-order valence-electron chi connectivity index (χ0n) is 14.4. The number of unbranched alkanes of at least 4 members (excludes halogenated alkanes) is 1. The lowest BCUT2D eigenvalue weighted by Crippen LogP contribution is -2.19. The molecule has 0 heterocycles. The van der Waals surface area contributed by atoms with Gasteiger partial charge in [0.1, 0.15) is 0 Å². The van der Waals surface area contributed by atoms with E-state index in [1.165, 1.54) is 0 Å². The molecule has 2 aromatic rings. The van der Waals surface area contributed by atoms with Gasteiger partial charge in [-0.05, 0) is 42.7 Å². The van der Waals surface area contributed by atoms with Crippen LogP contribution in [0.5, 0.6) is 0 Å². The maximum atomic E-state index is 12.2. The van der Waals surface area contributed by atoms with E-state index >= 15 is 0 Å². The Hall–Kier alpha value is -2.01. The summed E-state index contributed by atoms with van der Waals surface area (Å²) >= 11 is 0. The number of benzene rings is 2. The predicted octanol–water partition coefficient (Wildman–Crippen LogP) is 3.91. The van der Waals surface area contributed by atoms with Gasteiger partial charge in [0.15, 0.2) is 0 Å². The number of nitrogens with one attached hydrogen (secondary N) is 1. The second kappa shape index (κ2) is 8.73. The van der Waals surface area contributed by atoms with Crippen LogP contribution in [0.3, 0.4) is 0 Å². The Morgan fingerprint density at radius 2 is 1.67 bits per heavy atom. The molecule has 24 heavy (non-hydrogen) atoms. The van der Waals surface area contributed by atoms with Gasteiger partial charge in [0.05, 0.1) is 5.75 Å². The van der Waals surface area contributed by atoms with E-state index in [9.17, 15) is 8.42 Å². The summed E-state index contributed by atoms with van der Waals surface area (Å²) in [5, 5.41) is 0. The van der Waals surface area contributed by atoms with Crippen LogP contribution in [0.2, 0.25) is 0 Å². The Morgan fingerprint density at radius 1 is 1.00 bits per heavy atom. The van der Waals surface area contributed by atoms with Crippen molar-refractivity contribution in [2.24, 2.45) is 0 Å². The number of anilines is 2. The third-order valence-corrected chi connectivity index (χ3v) is 5.22. The van der Waals surface area contributed by atoms with Crippen molar-refractivity contribution in [1.82, 2.24) is 0 Å². The molecule has 0 amide bonds. The first-order valence-corrected chi connectivity index (χ1v) is 10.0. The van der Waals surface area contributed by atoms with Crippen LogP contribution in [0.15, 0.2) is 54.6 Å². The first-order valence-electron chi connectivity index (χ1n) is 8.36. The molecule has 0 radical (unpaired) electrons. The van der Waals surface area contributed by atoms with Gasteiger partial charge in [0.2, 0.25) is 10.0 Å². The number of aryl methyl sites for hydroxylation is 1. The molecule has 0 saturated heterocycles. The van der Waals surface area contributed by atoms with Crippen molar-refractivity contribution in [3.63, 3.8) is 0 Å². The normalized spacial score (nSPS) is 11.2. The minimum Gasteiger partial charge on any atom is -0.375 e. The Balaban J connectivity index is 1.92. The van der Waals surface area contributed by atoms with Crippen molar-refractivity contribution in [3.8, 4) is 0 Å². The Bertz CT molecular complexity index is 713. The average molecular weight is 346 g/mol. The summed E-state index contributed by atoms with van der Waals surface area (Å²) in [6.07, 6.45) is 2.81. The molecular formula is C19H26N2O2S. The lowest BCUT2D eigenvalue weighted by atomic mass is 10.2. The number of rotatable bonds is 9. The van der Waals surface area contributed by atoms with Gasteiger partial charge < -0.3 is 4.90 Å². The topological polar surface area (TPSA) is 49.4 Å². The summed E-state index contributed by atoms with van der Waals surface area (Å²) in [4.78, 5) is 2.18. The highest BCUT2D eigenvalue weighted by Crippen LogP contribution is 2.18. The standard InChI is InChI=1S/C19H26N2O2S/c1-3-4-15-21(2)19-12-10-18(11-13-19)20-24(22,23)16-14-17-8-6-5-7-9-17/h5-13,20H,3-4,14-16H2,1-2H3. The van der Waals surface area contributed by atoms with Gasteiger partial charge in [-0.2, -0.15) is 0 Å². The van der Waals surface area contributed by atoms with E-state index < -0.39 is 10.0 Å². The largest absolute Gasteiger partial charge is 0.375 e. The van der Waals surface area contributed by atoms with E-state index in [4.69, 9.17) is 0 Å². The Morgan fingerprint density at radius 3 is 2.29 bits per heavy atom. The van der Waals surface area contributed by atoms with Crippen molar-refractivity contribution < 1.29 is 8.42 Å². The van der Waals surface area contributed by atoms with Crippen molar-refractivity contribution in [3.05, 3.63) is 60.2 Å². The fourth-order valence-electron chi connectivity index (χ4n) is 2.44. The van der Waals surface area contributed by atoms with Crippen molar-refractivity contribution in [1.29, 1.82) is 0 Å². The molecule has 1 N–H and O–H groups in total. The van der Waals surface area contributed by atoms with Gasteiger partial charge >= 0.3 is 0 Å². The van der Waals surface area contributed by atoms with Crippen molar-refractivity contribution in [2.45, 2.75) is 26.2 Å². The second-order valence-electron chi connectivity index (χ2n) is 5.98. The molecule has 0 aliphatic rings. The van der Waals surface area contributed by atoms with Crippen LogP contribution in [0, 0.1) is 0 Å². The Labute approximate surface area is 145 Å². The monoisotopic (exact) mass is 346 g/mol. The van der Waals surface area contributed by atoms with Gasteiger partial charge in [-0.15, -0.1) is 0 Å². The smallest absolute Gasteiger partial charge is 0.233 e. The van der Waals surface area contributed by atoms with E-state index in [-0.39, 0.29) is 5.75 Å². The first kappa shape index (κ1) is 18.3. The summed E-state index contributed by atoms with van der Waals surface area (Å²) in [6.45, 7) is 3.17. The maximum Gasteiger partial charge on any atom is 0.233 e. The lowest BCUT2D eigenvalue weighted by molar-refractivity contribution is 0.600. The maximum absolute atomic E-state index is 12.2. The van der Waals surface area contributed by atoms with Crippen LogP contribution in [-0.2, 0) is 16.4 Å². The number of hydrogen-bond donors (Lipinski definition) is 1. The highest BCUT2D eigenvalue weighted by molar-refractivity contribution is 7.92. The molecule has 0 unspecified atom stereocenters. The minimum absolute atomic E-state index is 0.0785. The summed E-state index contributed by atoms with van der Waals surface area (Å²) < 4.78 is 27.1. The molecule has 4 nitrogen and oxygen atoms in total. The molecule has 0 fully saturated rings. The number of hydrogen-bond acceptors (Lipinski definition) is 3. The van der Waals surface area contributed by atoms with Crippen LogP contribution < -0.4 is 9.62 Å². The fraction of sp³-hybridized carbons (Fsp3) is 0.368.